The number of aromatic nitrogens is 2. The second-order valence-corrected chi connectivity index (χ2v) is 6.19. The first-order valence-corrected chi connectivity index (χ1v) is 8.92. The first-order chi connectivity index (χ1) is 13.6. The molecule has 1 unspecified atom stereocenters. The van der Waals surface area contributed by atoms with Crippen molar-refractivity contribution >= 4 is 29.0 Å². The van der Waals surface area contributed by atoms with Gasteiger partial charge in [-0.3, -0.25) is 9.59 Å². The Bertz CT molecular complexity index is 958. The predicted octanol–water partition coefficient (Wildman–Crippen LogP) is 3.44. The van der Waals surface area contributed by atoms with E-state index in [4.69, 9.17) is 5.73 Å². The summed E-state index contributed by atoms with van der Waals surface area (Å²) in [5.74, 6) is -0.599. The summed E-state index contributed by atoms with van der Waals surface area (Å²) in [6.45, 7) is 1.95. The summed E-state index contributed by atoms with van der Waals surface area (Å²) in [6, 6.07) is 16.5. The van der Waals surface area contributed by atoms with Crippen molar-refractivity contribution in [3.63, 3.8) is 0 Å². The highest BCUT2D eigenvalue weighted by Crippen LogP contribution is 2.21. The smallest absolute Gasteiger partial charge is 0.275 e. The molecule has 0 fully saturated rings. The van der Waals surface area contributed by atoms with Crippen molar-refractivity contribution in [2.45, 2.75) is 19.3 Å². The van der Waals surface area contributed by atoms with Crippen molar-refractivity contribution in [1.82, 2.24) is 9.97 Å². The van der Waals surface area contributed by atoms with Crippen LogP contribution in [0.4, 0.5) is 17.2 Å². The quantitative estimate of drug-likeness (QED) is 0.572. The molecule has 142 valence electrons. The third-order valence-corrected chi connectivity index (χ3v) is 4.27. The van der Waals surface area contributed by atoms with Crippen LogP contribution >= 0.6 is 0 Å². The molecule has 1 atom stereocenters. The number of amides is 2. The largest absolute Gasteiger partial charge is 0.397 e. The Kier molecular flexibility index (Phi) is 5.96. The fourth-order valence-electron chi connectivity index (χ4n) is 2.78. The molecule has 1 aromatic heterocycles. The zero-order chi connectivity index (χ0) is 19.9. The van der Waals surface area contributed by atoms with Gasteiger partial charge in [-0.15, -0.1) is 0 Å². The van der Waals surface area contributed by atoms with Gasteiger partial charge in [-0.05, 0) is 24.1 Å². The van der Waals surface area contributed by atoms with Crippen molar-refractivity contribution in [3.05, 3.63) is 78.2 Å². The van der Waals surface area contributed by atoms with E-state index < -0.39 is 5.91 Å². The number of anilines is 3. The van der Waals surface area contributed by atoms with Crippen LogP contribution in [0.2, 0.25) is 0 Å². The highest BCUT2D eigenvalue weighted by molar-refractivity contribution is 6.04. The van der Waals surface area contributed by atoms with Gasteiger partial charge in [0.25, 0.3) is 5.91 Å². The van der Waals surface area contributed by atoms with Crippen molar-refractivity contribution in [1.29, 1.82) is 0 Å². The van der Waals surface area contributed by atoms with Crippen molar-refractivity contribution in [2.75, 3.05) is 16.4 Å². The van der Waals surface area contributed by atoms with Gasteiger partial charge in [0, 0.05) is 0 Å². The minimum absolute atomic E-state index is 0.122. The molecule has 0 aliphatic rings. The van der Waals surface area contributed by atoms with Crippen LogP contribution in [0.5, 0.6) is 0 Å². The maximum Gasteiger partial charge on any atom is 0.275 e. The summed E-state index contributed by atoms with van der Waals surface area (Å²) in [6.07, 6.45) is 3.33. The first kappa shape index (κ1) is 19.0. The number of hydrogen-bond acceptors (Lipinski definition) is 5. The summed E-state index contributed by atoms with van der Waals surface area (Å²) >= 11 is 0. The van der Waals surface area contributed by atoms with Crippen LogP contribution in [0.1, 0.15) is 35.3 Å². The Balaban J connectivity index is 1.66. The summed E-state index contributed by atoms with van der Waals surface area (Å²) in [5.41, 5.74) is 7.83. The first-order valence-electron chi connectivity index (χ1n) is 8.92. The third-order valence-electron chi connectivity index (χ3n) is 4.27. The van der Waals surface area contributed by atoms with Crippen LogP contribution in [0.25, 0.3) is 0 Å². The fourth-order valence-corrected chi connectivity index (χ4v) is 2.78. The fraction of sp³-hybridized carbons (Fsp3) is 0.143. The van der Waals surface area contributed by atoms with Gasteiger partial charge >= 0.3 is 0 Å². The summed E-state index contributed by atoms with van der Waals surface area (Å²) in [4.78, 5) is 33.1. The molecule has 7 heteroatoms. The van der Waals surface area contributed by atoms with E-state index in [9.17, 15) is 9.59 Å². The van der Waals surface area contributed by atoms with E-state index in [1.165, 1.54) is 12.4 Å². The summed E-state index contributed by atoms with van der Waals surface area (Å²) in [7, 11) is 0. The van der Waals surface area contributed by atoms with Gasteiger partial charge in [-0.25, -0.2) is 9.97 Å². The molecule has 28 heavy (non-hydrogen) atoms. The Hall–Kier alpha value is -3.74. The van der Waals surface area contributed by atoms with E-state index in [0.717, 1.165) is 5.56 Å². The van der Waals surface area contributed by atoms with Crippen LogP contribution in [0.15, 0.2) is 67.0 Å². The van der Waals surface area contributed by atoms with E-state index in [-0.39, 0.29) is 23.3 Å². The lowest BCUT2D eigenvalue weighted by molar-refractivity contribution is -0.117. The molecule has 4 N–H and O–H groups in total. The lowest BCUT2D eigenvalue weighted by Crippen LogP contribution is -2.22. The number of nitrogens with two attached hydrogens (primary N) is 1. The Labute approximate surface area is 163 Å². The lowest BCUT2D eigenvalue weighted by atomic mass is 9.96. The molecule has 0 radical (unpaired) electrons. The molecule has 2 aromatic carbocycles. The maximum atomic E-state index is 12.6. The normalized spacial score (nSPS) is 11.5. The topological polar surface area (TPSA) is 110 Å². The molecule has 0 bridgehead atoms. The van der Waals surface area contributed by atoms with Crippen LogP contribution < -0.4 is 16.4 Å². The van der Waals surface area contributed by atoms with Crippen LogP contribution in [0.3, 0.4) is 0 Å². The number of rotatable bonds is 6. The number of carbonyl (C=O) groups excluding carboxylic acids is 2. The maximum absolute atomic E-state index is 12.6. The third kappa shape index (κ3) is 4.50. The average Bonchev–Trinajstić information content (AvgIpc) is 2.71. The number of nitrogens with zero attached hydrogens (tertiary/aromatic N) is 2. The number of benzene rings is 2. The molecule has 0 saturated heterocycles. The van der Waals surface area contributed by atoms with Crippen LogP contribution in [-0.2, 0) is 4.79 Å². The van der Waals surface area contributed by atoms with E-state index in [1.54, 1.807) is 24.3 Å². The summed E-state index contributed by atoms with van der Waals surface area (Å²) < 4.78 is 0. The lowest BCUT2D eigenvalue weighted by Gasteiger charge is -2.15. The molecule has 7 nitrogen and oxygen atoms in total. The number of hydrogen-bond donors (Lipinski definition) is 3. The standard InChI is InChI=1S/C21H21N5O2/c1-2-15(14-8-4-3-5-9-14)20(27)26-19-13-23-18(12-24-19)21(28)25-17-11-7-6-10-16(17)22/h3-13,15H,2,22H2,1H3,(H,25,28)(H,24,26,27). The number of nitrogen functional groups attached to an aromatic ring is 1. The van der Waals surface area contributed by atoms with Gasteiger partial charge in [0.1, 0.15) is 5.69 Å². The van der Waals surface area contributed by atoms with Gasteiger partial charge in [0.15, 0.2) is 5.82 Å². The summed E-state index contributed by atoms with van der Waals surface area (Å²) in [5, 5.41) is 5.43. The zero-order valence-corrected chi connectivity index (χ0v) is 15.4. The number of para-hydroxylation sites is 2. The zero-order valence-electron chi connectivity index (χ0n) is 15.4. The molecule has 1 heterocycles. The molecule has 3 rings (SSSR count). The molecular formula is C21H21N5O2. The molecule has 0 spiro atoms. The SMILES string of the molecule is CCC(C(=O)Nc1cnc(C(=O)Nc2ccccc2N)cn1)c1ccccc1. The predicted molar refractivity (Wildman–Crippen MR) is 109 cm³/mol. The van der Waals surface area contributed by atoms with Crippen LogP contribution in [0, 0.1) is 0 Å². The molecule has 3 aromatic rings. The minimum Gasteiger partial charge on any atom is -0.397 e. The molecule has 0 saturated carbocycles. The molecule has 0 aliphatic heterocycles. The van der Waals surface area contributed by atoms with E-state index in [0.29, 0.717) is 17.8 Å². The van der Waals surface area contributed by atoms with E-state index in [1.807, 2.05) is 37.3 Å². The van der Waals surface area contributed by atoms with Gasteiger partial charge in [-0.1, -0.05) is 49.4 Å². The highest BCUT2D eigenvalue weighted by atomic mass is 16.2. The van der Waals surface area contributed by atoms with Gasteiger partial charge in [0.05, 0.1) is 29.7 Å². The Morgan fingerprint density at radius 2 is 1.68 bits per heavy atom. The van der Waals surface area contributed by atoms with E-state index >= 15 is 0 Å². The number of nitrogens with one attached hydrogen (secondary N) is 2. The van der Waals surface area contributed by atoms with Gasteiger partial charge in [0.2, 0.25) is 5.91 Å². The minimum atomic E-state index is -0.431. The van der Waals surface area contributed by atoms with Crippen LogP contribution in [-0.4, -0.2) is 21.8 Å². The van der Waals surface area contributed by atoms with E-state index in [2.05, 4.69) is 20.6 Å². The monoisotopic (exact) mass is 375 g/mol. The molecule has 0 aliphatic carbocycles. The Morgan fingerprint density at radius 1 is 0.964 bits per heavy atom. The molecule has 2 amide bonds. The van der Waals surface area contributed by atoms with Gasteiger partial charge < -0.3 is 16.4 Å². The molecular weight excluding hydrogens is 354 g/mol. The Morgan fingerprint density at radius 3 is 2.32 bits per heavy atom. The van der Waals surface area contributed by atoms with Gasteiger partial charge in [-0.2, -0.15) is 0 Å². The number of carbonyl (C=O) groups is 2. The van der Waals surface area contributed by atoms with Crippen molar-refractivity contribution < 1.29 is 9.59 Å². The second kappa shape index (κ2) is 8.77. The average molecular weight is 375 g/mol. The van der Waals surface area contributed by atoms with Crippen molar-refractivity contribution in [2.24, 2.45) is 0 Å². The highest BCUT2D eigenvalue weighted by Gasteiger charge is 2.19. The van der Waals surface area contributed by atoms with Crippen molar-refractivity contribution in [3.8, 4) is 0 Å². The second-order valence-electron chi connectivity index (χ2n) is 6.19.